The molecular formula is C11H23NO. The van der Waals surface area contributed by atoms with Crippen molar-refractivity contribution < 1.29 is 5.11 Å². The van der Waals surface area contributed by atoms with Gasteiger partial charge in [-0.15, -0.1) is 0 Å². The van der Waals surface area contributed by atoms with E-state index in [9.17, 15) is 5.11 Å². The van der Waals surface area contributed by atoms with E-state index < -0.39 is 5.60 Å². The number of nitrogens with zero attached hydrogens (tertiary/aromatic N) is 1. The molecule has 0 aliphatic carbocycles. The van der Waals surface area contributed by atoms with Gasteiger partial charge in [0.15, 0.2) is 0 Å². The molecule has 13 heavy (non-hydrogen) atoms. The Morgan fingerprint density at radius 2 is 2.00 bits per heavy atom. The number of hydrogen-bond donors (Lipinski definition) is 1. The Hall–Kier alpha value is -0.0800. The van der Waals surface area contributed by atoms with Gasteiger partial charge in [-0.25, -0.2) is 0 Å². The largest absolute Gasteiger partial charge is 0.389 e. The molecule has 2 heteroatoms. The predicted octanol–water partition coefficient (Wildman–Crippen LogP) is 1.88. The number of likely N-dealkylation sites (tertiary alicyclic amines) is 1. The van der Waals surface area contributed by atoms with E-state index in [1.807, 2.05) is 13.8 Å². The molecule has 1 aliphatic heterocycles. The van der Waals surface area contributed by atoms with Crippen LogP contribution in [0, 0.1) is 5.92 Å². The van der Waals surface area contributed by atoms with Crippen LogP contribution in [0.3, 0.4) is 0 Å². The Balaban J connectivity index is 2.49. The van der Waals surface area contributed by atoms with Crippen molar-refractivity contribution in [3.8, 4) is 0 Å². The normalized spacial score (nSPS) is 32.1. The summed E-state index contributed by atoms with van der Waals surface area (Å²) in [5.74, 6) is 0.774. The Morgan fingerprint density at radius 3 is 2.54 bits per heavy atom. The average molecular weight is 185 g/mol. The van der Waals surface area contributed by atoms with Gasteiger partial charge >= 0.3 is 0 Å². The van der Waals surface area contributed by atoms with E-state index >= 15 is 0 Å². The number of piperidine rings is 1. The highest BCUT2D eigenvalue weighted by molar-refractivity contribution is 4.82. The van der Waals surface area contributed by atoms with Gasteiger partial charge in [-0.2, -0.15) is 0 Å². The average Bonchev–Trinajstić information content (AvgIpc) is 1.96. The molecule has 0 aromatic heterocycles. The van der Waals surface area contributed by atoms with Crippen LogP contribution in [-0.2, 0) is 0 Å². The summed E-state index contributed by atoms with van der Waals surface area (Å²) in [5.41, 5.74) is -0.550. The summed E-state index contributed by atoms with van der Waals surface area (Å²) in [6.07, 6.45) is 2.62. The minimum atomic E-state index is -0.550. The van der Waals surface area contributed by atoms with E-state index in [2.05, 4.69) is 18.7 Å². The zero-order valence-corrected chi connectivity index (χ0v) is 9.38. The van der Waals surface area contributed by atoms with Crippen LogP contribution in [0.4, 0.5) is 0 Å². The molecule has 0 amide bonds. The zero-order valence-electron chi connectivity index (χ0n) is 9.38. The van der Waals surface area contributed by atoms with E-state index in [4.69, 9.17) is 0 Å². The molecule has 78 valence electrons. The third-order valence-electron chi connectivity index (χ3n) is 3.09. The van der Waals surface area contributed by atoms with Gasteiger partial charge in [0.1, 0.15) is 0 Å². The van der Waals surface area contributed by atoms with Gasteiger partial charge in [-0.1, -0.05) is 6.92 Å². The van der Waals surface area contributed by atoms with Crippen LogP contribution in [-0.4, -0.2) is 34.7 Å². The van der Waals surface area contributed by atoms with Crippen LogP contribution in [0.2, 0.25) is 0 Å². The number of aliphatic hydroxyl groups is 1. The molecule has 0 saturated carbocycles. The lowest BCUT2D eigenvalue weighted by atomic mass is 9.91. The highest BCUT2D eigenvalue weighted by atomic mass is 16.3. The van der Waals surface area contributed by atoms with Crippen LogP contribution < -0.4 is 0 Å². The van der Waals surface area contributed by atoms with Crippen molar-refractivity contribution in [2.45, 2.75) is 52.2 Å². The molecule has 1 N–H and O–H groups in total. The van der Waals surface area contributed by atoms with E-state index in [-0.39, 0.29) is 0 Å². The lowest BCUT2D eigenvalue weighted by Gasteiger charge is -2.40. The molecule has 1 fully saturated rings. The highest BCUT2D eigenvalue weighted by Crippen LogP contribution is 2.24. The third kappa shape index (κ3) is 3.28. The molecule has 1 rings (SSSR count). The van der Waals surface area contributed by atoms with Gasteiger partial charge in [-0.3, -0.25) is 4.90 Å². The van der Waals surface area contributed by atoms with E-state index in [0.717, 1.165) is 19.0 Å². The van der Waals surface area contributed by atoms with Crippen LogP contribution in [0.15, 0.2) is 0 Å². The summed E-state index contributed by atoms with van der Waals surface area (Å²) in [6.45, 7) is 10.3. The fraction of sp³-hybridized carbons (Fsp3) is 1.00. The Labute approximate surface area is 81.9 Å². The van der Waals surface area contributed by atoms with E-state index in [0.29, 0.717) is 6.04 Å². The molecule has 0 aromatic rings. The lowest BCUT2D eigenvalue weighted by molar-refractivity contribution is 0.00137. The molecule has 1 aliphatic rings. The Bertz CT molecular complexity index is 162. The topological polar surface area (TPSA) is 23.5 Å². The summed E-state index contributed by atoms with van der Waals surface area (Å²) in [6, 6.07) is 0.625. The summed E-state index contributed by atoms with van der Waals surface area (Å²) in [4.78, 5) is 2.41. The fourth-order valence-corrected chi connectivity index (χ4v) is 2.14. The quantitative estimate of drug-likeness (QED) is 0.710. The monoisotopic (exact) mass is 185 g/mol. The maximum atomic E-state index is 9.73. The summed E-state index contributed by atoms with van der Waals surface area (Å²) in [7, 11) is 0. The summed E-state index contributed by atoms with van der Waals surface area (Å²) >= 11 is 0. The first kappa shape index (κ1) is 11.0. The van der Waals surface area contributed by atoms with Gasteiger partial charge < -0.3 is 5.11 Å². The van der Waals surface area contributed by atoms with Crippen LogP contribution >= 0.6 is 0 Å². The van der Waals surface area contributed by atoms with E-state index in [1.165, 1.54) is 12.8 Å². The second kappa shape index (κ2) is 3.97. The smallest absolute Gasteiger partial charge is 0.0718 e. The predicted molar refractivity (Wildman–Crippen MR) is 55.7 cm³/mol. The second-order valence-electron chi connectivity index (χ2n) is 5.14. The number of β-amino-alcohol motifs (C(OH)–C–C–N with tert-alkyl or cyclic N) is 1. The molecule has 2 nitrogen and oxygen atoms in total. The molecule has 0 aromatic carbocycles. The molecule has 1 saturated heterocycles. The van der Waals surface area contributed by atoms with Crippen molar-refractivity contribution in [1.82, 2.24) is 4.90 Å². The minimum absolute atomic E-state index is 0.550. The maximum Gasteiger partial charge on any atom is 0.0718 e. The van der Waals surface area contributed by atoms with Crippen molar-refractivity contribution >= 4 is 0 Å². The molecular weight excluding hydrogens is 162 g/mol. The Kier molecular flexibility index (Phi) is 3.36. The Morgan fingerprint density at radius 1 is 1.38 bits per heavy atom. The number of hydrogen-bond acceptors (Lipinski definition) is 2. The standard InChI is InChI=1S/C11H23NO/c1-9-6-5-7-12(10(9)2)8-11(3,4)13/h9-10,13H,5-8H2,1-4H3. The van der Waals surface area contributed by atoms with Crippen molar-refractivity contribution in [3.63, 3.8) is 0 Å². The van der Waals surface area contributed by atoms with E-state index in [1.54, 1.807) is 0 Å². The van der Waals surface area contributed by atoms with Crippen molar-refractivity contribution in [2.24, 2.45) is 5.92 Å². The molecule has 0 spiro atoms. The highest BCUT2D eigenvalue weighted by Gasteiger charge is 2.28. The van der Waals surface area contributed by atoms with Crippen molar-refractivity contribution in [1.29, 1.82) is 0 Å². The zero-order chi connectivity index (χ0) is 10.1. The van der Waals surface area contributed by atoms with Gasteiger partial charge in [-0.05, 0) is 46.1 Å². The minimum Gasteiger partial charge on any atom is -0.389 e. The van der Waals surface area contributed by atoms with Gasteiger partial charge in [0.25, 0.3) is 0 Å². The van der Waals surface area contributed by atoms with Crippen LogP contribution in [0.1, 0.15) is 40.5 Å². The summed E-state index contributed by atoms with van der Waals surface area (Å²) in [5, 5.41) is 9.73. The van der Waals surface area contributed by atoms with Crippen LogP contribution in [0.25, 0.3) is 0 Å². The molecule has 1 heterocycles. The molecule has 0 radical (unpaired) electrons. The third-order valence-corrected chi connectivity index (χ3v) is 3.09. The van der Waals surface area contributed by atoms with Gasteiger partial charge in [0.05, 0.1) is 5.60 Å². The van der Waals surface area contributed by atoms with Crippen molar-refractivity contribution in [3.05, 3.63) is 0 Å². The first-order valence-corrected chi connectivity index (χ1v) is 5.36. The number of rotatable bonds is 2. The van der Waals surface area contributed by atoms with Crippen molar-refractivity contribution in [2.75, 3.05) is 13.1 Å². The molecule has 0 bridgehead atoms. The van der Waals surface area contributed by atoms with Gasteiger partial charge in [0.2, 0.25) is 0 Å². The molecule has 2 atom stereocenters. The lowest BCUT2D eigenvalue weighted by Crippen LogP contribution is -2.48. The second-order valence-corrected chi connectivity index (χ2v) is 5.14. The SMILES string of the molecule is CC1CCCN(CC(C)(C)O)C1C. The maximum absolute atomic E-state index is 9.73. The first-order chi connectivity index (χ1) is 5.90. The van der Waals surface area contributed by atoms with Crippen LogP contribution in [0.5, 0.6) is 0 Å². The van der Waals surface area contributed by atoms with Gasteiger partial charge in [0, 0.05) is 12.6 Å². The summed E-state index contributed by atoms with van der Waals surface area (Å²) < 4.78 is 0. The molecule has 2 unspecified atom stereocenters. The first-order valence-electron chi connectivity index (χ1n) is 5.36. The fourth-order valence-electron chi connectivity index (χ4n) is 2.14.